The predicted molar refractivity (Wildman–Crippen MR) is 48.5 cm³/mol. The normalized spacial score (nSPS) is 11.4. The van der Waals surface area contributed by atoms with E-state index >= 15 is 0 Å². The molecule has 14 heavy (non-hydrogen) atoms. The van der Waals surface area contributed by atoms with Gasteiger partial charge in [0.2, 0.25) is 0 Å². The van der Waals surface area contributed by atoms with Crippen LogP contribution in [0, 0.1) is 6.92 Å². The van der Waals surface area contributed by atoms with Gasteiger partial charge in [0.25, 0.3) is 0 Å². The fraction of sp³-hybridized carbons (Fsp3) is 0.222. The number of pyridine rings is 1. The van der Waals surface area contributed by atoms with Gasteiger partial charge in [-0.3, -0.25) is 4.98 Å². The van der Waals surface area contributed by atoms with E-state index < -0.39 is 11.7 Å². The molecule has 0 unspecified atom stereocenters. The van der Waals surface area contributed by atoms with Crippen molar-refractivity contribution in [3.63, 3.8) is 0 Å². The van der Waals surface area contributed by atoms with E-state index in [1.165, 1.54) is 12.3 Å². The van der Waals surface area contributed by atoms with E-state index in [9.17, 15) is 13.2 Å². The maximum Gasteiger partial charge on any atom is 0.417 e. The molecular formula is C9H9F3N2. The van der Waals surface area contributed by atoms with Gasteiger partial charge in [0.15, 0.2) is 0 Å². The Labute approximate surface area is 79.3 Å². The Morgan fingerprint density at radius 3 is 2.50 bits per heavy atom. The van der Waals surface area contributed by atoms with Crippen LogP contribution in [0.25, 0.3) is 5.57 Å². The maximum absolute atomic E-state index is 12.2. The zero-order valence-electron chi connectivity index (χ0n) is 7.52. The van der Waals surface area contributed by atoms with Gasteiger partial charge in [-0.15, -0.1) is 0 Å². The van der Waals surface area contributed by atoms with E-state index in [1.807, 2.05) is 0 Å². The van der Waals surface area contributed by atoms with Crippen molar-refractivity contribution in [1.29, 1.82) is 0 Å². The number of nitrogens with two attached hydrogens (primary N) is 1. The molecule has 0 fully saturated rings. The van der Waals surface area contributed by atoms with E-state index in [0.29, 0.717) is 11.3 Å². The summed E-state index contributed by atoms with van der Waals surface area (Å²) in [6, 6.07) is 1.27. The Morgan fingerprint density at radius 2 is 2.07 bits per heavy atom. The number of nitrogens with zero attached hydrogens (tertiary/aromatic N) is 1. The Balaban J connectivity index is 3.10. The monoisotopic (exact) mass is 202 g/mol. The van der Waals surface area contributed by atoms with E-state index in [-0.39, 0.29) is 5.69 Å². The standard InChI is InChI=1S/C9H9F3N2/c1-5-3-8(14-4-7(5)13)6(2)9(10,11)12/h3-4H,2,13H2,1H3. The van der Waals surface area contributed by atoms with Gasteiger partial charge in [-0.2, -0.15) is 13.2 Å². The number of nitrogen functional groups attached to an aromatic ring is 1. The summed E-state index contributed by atoms with van der Waals surface area (Å²) in [7, 11) is 0. The lowest BCUT2D eigenvalue weighted by molar-refractivity contribution is -0.0688. The lowest BCUT2D eigenvalue weighted by atomic mass is 10.1. The van der Waals surface area contributed by atoms with Gasteiger partial charge in [0.1, 0.15) is 0 Å². The highest BCUT2D eigenvalue weighted by molar-refractivity contribution is 5.66. The van der Waals surface area contributed by atoms with Crippen molar-refractivity contribution < 1.29 is 13.2 Å². The van der Waals surface area contributed by atoms with Crippen molar-refractivity contribution in [1.82, 2.24) is 4.98 Å². The van der Waals surface area contributed by atoms with Crippen molar-refractivity contribution in [2.75, 3.05) is 5.73 Å². The molecule has 0 aliphatic heterocycles. The van der Waals surface area contributed by atoms with Crippen LogP contribution in [0.1, 0.15) is 11.3 Å². The van der Waals surface area contributed by atoms with Crippen LogP contribution in [-0.2, 0) is 0 Å². The van der Waals surface area contributed by atoms with Crippen molar-refractivity contribution >= 4 is 11.3 Å². The van der Waals surface area contributed by atoms with E-state index in [2.05, 4.69) is 11.6 Å². The van der Waals surface area contributed by atoms with E-state index in [0.717, 1.165) is 0 Å². The Kier molecular flexibility index (Phi) is 2.51. The first-order chi connectivity index (χ1) is 6.32. The first kappa shape index (κ1) is 10.6. The van der Waals surface area contributed by atoms with Crippen LogP contribution < -0.4 is 5.73 Å². The second kappa shape index (κ2) is 3.32. The molecule has 0 saturated carbocycles. The number of aromatic nitrogens is 1. The highest BCUT2D eigenvalue weighted by atomic mass is 19.4. The SMILES string of the molecule is C=C(c1cc(C)c(N)cn1)C(F)(F)F. The molecule has 0 aliphatic rings. The first-order valence-corrected chi connectivity index (χ1v) is 3.81. The number of hydrogen-bond acceptors (Lipinski definition) is 2. The molecule has 2 N–H and O–H groups in total. The third-order valence-corrected chi connectivity index (χ3v) is 1.80. The molecule has 1 rings (SSSR count). The van der Waals surface area contributed by atoms with Crippen LogP contribution >= 0.6 is 0 Å². The zero-order chi connectivity index (χ0) is 10.9. The third kappa shape index (κ3) is 2.04. The maximum atomic E-state index is 12.2. The molecule has 0 atom stereocenters. The van der Waals surface area contributed by atoms with Gasteiger partial charge >= 0.3 is 6.18 Å². The summed E-state index contributed by atoms with van der Waals surface area (Å²) in [5.41, 5.74) is 5.20. The lowest BCUT2D eigenvalue weighted by Gasteiger charge is -2.10. The number of aryl methyl sites for hydroxylation is 1. The van der Waals surface area contributed by atoms with Crippen LogP contribution in [0.15, 0.2) is 18.8 Å². The highest BCUT2D eigenvalue weighted by Gasteiger charge is 2.33. The summed E-state index contributed by atoms with van der Waals surface area (Å²) in [5.74, 6) is 0. The number of allylic oxidation sites excluding steroid dienone is 1. The van der Waals surface area contributed by atoms with Crippen LogP contribution in [0.4, 0.5) is 18.9 Å². The lowest BCUT2D eigenvalue weighted by Crippen LogP contribution is -2.11. The molecule has 1 heterocycles. The molecule has 0 saturated heterocycles. The minimum atomic E-state index is -4.45. The molecule has 0 aromatic carbocycles. The average molecular weight is 202 g/mol. The fourth-order valence-corrected chi connectivity index (χ4v) is 0.877. The molecule has 2 nitrogen and oxygen atoms in total. The summed E-state index contributed by atoms with van der Waals surface area (Å²) in [5, 5.41) is 0. The summed E-state index contributed by atoms with van der Waals surface area (Å²) >= 11 is 0. The summed E-state index contributed by atoms with van der Waals surface area (Å²) in [4.78, 5) is 3.56. The van der Waals surface area contributed by atoms with Gasteiger partial charge in [-0.25, -0.2) is 0 Å². The van der Waals surface area contributed by atoms with Crippen molar-refractivity contribution in [2.24, 2.45) is 0 Å². The average Bonchev–Trinajstić information content (AvgIpc) is 2.07. The topological polar surface area (TPSA) is 38.9 Å². The molecule has 0 aliphatic carbocycles. The molecule has 1 aromatic heterocycles. The van der Waals surface area contributed by atoms with Crippen molar-refractivity contribution in [3.8, 4) is 0 Å². The van der Waals surface area contributed by atoms with Crippen LogP contribution in [0.5, 0.6) is 0 Å². The molecule has 0 spiro atoms. The van der Waals surface area contributed by atoms with Crippen molar-refractivity contribution in [2.45, 2.75) is 13.1 Å². The minimum absolute atomic E-state index is 0.191. The van der Waals surface area contributed by atoms with Gasteiger partial charge in [0, 0.05) is 0 Å². The first-order valence-electron chi connectivity index (χ1n) is 3.81. The third-order valence-electron chi connectivity index (χ3n) is 1.80. The van der Waals surface area contributed by atoms with Gasteiger partial charge in [-0.1, -0.05) is 6.58 Å². The Hall–Kier alpha value is -1.52. The summed E-state index contributed by atoms with van der Waals surface area (Å²) in [6.07, 6.45) is -3.25. The van der Waals surface area contributed by atoms with Crippen LogP contribution in [0.2, 0.25) is 0 Å². The number of halogens is 3. The number of alkyl halides is 3. The van der Waals surface area contributed by atoms with E-state index in [4.69, 9.17) is 5.73 Å². The molecule has 0 bridgehead atoms. The number of anilines is 1. The smallest absolute Gasteiger partial charge is 0.397 e. The molecular weight excluding hydrogens is 193 g/mol. The minimum Gasteiger partial charge on any atom is -0.397 e. The predicted octanol–water partition coefficient (Wildman–Crippen LogP) is 2.55. The van der Waals surface area contributed by atoms with Gasteiger partial charge in [-0.05, 0) is 18.6 Å². The van der Waals surface area contributed by atoms with Gasteiger partial charge in [0.05, 0.1) is 23.2 Å². The quantitative estimate of drug-likeness (QED) is 0.760. The molecule has 0 radical (unpaired) electrons. The Bertz CT molecular complexity index is 369. The van der Waals surface area contributed by atoms with Crippen molar-refractivity contribution in [3.05, 3.63) is 30.1 Å². The van der Waals surface area contributed by atoms with Crippen LogP contribution in [-0.4, -0.2) is 11.2 Å². The largest absolute Gasteiger partial charge is 0.417 e. The molecule has 0 amide bonds. The number of rotatable bonds is 1. The molecule has 1 aromatic rings. The highest BCUT2D eigenvalue weighted by Crippen LogP contribution is 2.31. The number of hydrogen-bond donors (Lipinski definition) is 1. The second-order valence-electron chi connectivity index (χ2n) is 2.90. The summed E-state index contributed by atoms with van der Waals surface area (Å²) in [6.45, 7) is 4.55. The van der Waals surface area contributed by atoms with E-state index in [1.54, 1.807) is 6.92 Å². The zero-order valence-corrected chi connectivity index (χ0v) is 7.52. The molecule has 76 valence electrons. The molecule has 5 heteroatoms. The van der Waals surface area contributed by atoms with Crippen LogP contribution in [0.3, 0.4) is 0 Å². The van der Waals surface area contributed by atoms with Gasteiger partial charge < -0.3 is 5.73 Å². The fourth-order valence-electron chi connectivity index (χ4n) is 0.877. The Morgan fingerprint density at radius 1 is 1.50 bits per heavy atom. The second-order valence-corrected chi connectivity index (χ2v) is 2.90. The summed E-state index contributed by atoms with van der Waals surface area (Å²) < 4.78 is 36.6.